The number of para-hydroxylation sites is 2. The first-order valence-electron chi connectivity index (χ1n) is 9.28. The first-order chi connectivity index (χ1) is 13.7. The van der Waals surface area contributed by atoms with Gasteiger partial charge in [-0.15, -0.1) is 0 Å². The van der Waals surface area contributed by atoms with E-state index in [2.05, 4.69) is 20.6 Å². The van der Waals surface area contributed by atoms with Crippen LogP contribution in [0, 0.1) is 0 Å². The van der Waals surface area contributed by atoms with Crippen LogP contribution in [0.4, 0.5) is 0 Å². The van der Waals surface area contributed by atoms with Crippen LogP contribution in [-0.2, 0) is 4.79 Å². The molecule has 4 rings (SSSR count). The molecular formula is C21H22N4O2S. The van der Waals surface area contributed by atoms with Gasteiger partial charge in [0.2, 0.25) is 5.91 Å². The molecule has 0 radical (unpaired) electrons. The lowest BCUT2D eigenvalue weighted by molar-refractivity contribution is -0.122. The molecule has 1 aliphatic rings. The molecule has 0 aliphatic carbocycles. The number of imidazole rings is 1. The molecule has 2 aromatic carbocycles. The van der Waals surface area contributed by atoms with Crippen LogP contribution in [0.5, 0.6) is 0 Å². The number of H-pyrrole nitrogens is 1. The predicted octanol–water partition coefficient (Wildman–Crippen LogP) is 3.35. The summed E-state index contributed by atoms with van der Waals surface area (Å²) in [6.07, 6.45) is 3.03. The number of amides is 2. The van der Waals surface area contributed by atoms with Crippen molar-refractivity contribution in [3.63, 3.8) is 0 Å². The summed E-state index contributed by atoms with van der Waals surface area (Å²) in [5.41, 5.74) is 3.37. The Kier molecular flexibility index (Phi) is 5.34. The Morgan fingerprint density at radius 1 is 1.21 bits per heavy atom. The van der Waals surface area contributed by atoms with E-state index in [1.165, 1.54) is 0 Å². The molecule has 3 aromatic rings. The number of hydrogen-bond acceptors (Lipinski definition) is 4. The smallest absolute Gasteiger partial charge is 0.252 e. The molecule has 2 heterocycles. The molecule has 2 amide bonds. The highest BCUT2D eigenvalue weighted by atomic mass is 32.2. The average molecular weight is 395 g/mol. The van der Waals surface area contributed by atoms with E-state index in [4.69, 9.17) is 0 Å². The van der Waals surface area contributed by atoms with Crippen molar-refractivity contribution in [2.75, 3.05) is 12.0 Å². The number of aromatic amines is 1. The normalized spacial score (nSPS) is 16.6. The summed E-state index contributed by atoms with van der Waals surface area (Å²) < 4.78 is 0. The molecule has 1 aliphatic heterocycles. The Morgan fingerprint density at radius 3 is 2.82 bits per heavy atom. The van der Waals surface area contributed by atoms with Gasteiger partial charge in [-0.3, -0.25) is 9.59 Å². The van der Waals surface area contributed by atoms with Gasteiger partial charge in [0.05, 0.1) is 29.5 Å². The van der Waals surface area contributed by atoms with Crippen LogP contribution in [0.3, 0.4) is 0 Å². The largest absolute Gasteiger partial charge is 0.346 e. The van der Waals surface area contributed by atoms with E-state index in [0.717, 1.165) is 34.6 Å². The summed E-state index contributed by atoms with van der Waals surface area (Å²) in [4.78, 5) is 32.8. The zero-order chi connectivity index (χ0) is 19.5. The maximum atomic E-state index is 12.8. The molecular weight excluding hydrogens is 372 g/mol. The van der Waals surface area contributed by atoms with Gasteiger partial charge in [0, 0.05) is 5.56 Å². The summed E-state index contributed by atoms with van der Waals surface area (Å²) >= 11 is 1.73. The number of rotatable bonds is 7. The fourth-order valence-electron chi connectivity index (χ4n) is 3.57. The summed E-state index contributed by atoms with van der Waals surface area (Å²) in [5.74, 6) is 1.45. The van der Waals surface area contributed by atoms with Crippen molar-refractivity contribution in [1.29, 1.82) is 0 Å². The van der Waals surface area contributed by atoms with E-state index < -0.39 is 0 Å². The molecule has 6 nitrogen and oxygen atoms in total. The van der Waals surface area contributed by atoms with Gasteiger partial charge in [0.1, 0.15) is 5.82 Å². The fourth-order valence-corrected chi connectivity index (χ4v) is 4.04. The molecule has 0 unspecified atom stereocenters. The summed E-state index contributed by atoms with van der Waals surface area (Å²) in [7, 11) is 0. The van der Waals surface area contributed by atoms with Crippen LogP contribution in [0.25, 0.3) is 11.0 Å². The molecule has 0 bridgehead atoms. The fraction of sp³-hybridized carbons (Fsp3) is 0.286. The molecule has 1 aromatic heterocycles. The second-order valence-corrected chi connectivity index (χ2v) is 7.84. The first-order valence-corrected chi connectivity index (χ1v) is 10.7. The number of fused-ring (bicyclic) bond motifs is 2. The number of aromatic nitrogens is 2. The van der Waals surface area contributed by atoms with Crippen LogP contribution in [0.15, 0.2) is 48.5 Å². The average Bonchev–Trinajstić information content (AvgIpc) is 3.27. The van der Waals surface area contributed by atoms with Gasteiger partial charge >= 0.3 is 0 Å². The van der Waals surface area contributed by atoms with Crippen LogP contribution < -0.4 is 10.6 Å². The summed E-state index contributed by atoms with van der Waals surface area (Å²) in [6, 6.07) is 14.8. The quantitative estimate of drug-likeness (QED) is 0.574. The summed E-state index contributed by atoms with van der Waals surface area (Å²) in [6.45, 7) is 0. The number of benzene rings is 2. The van der Waals surface area contributed by atoms with Crippen molar-refractivity contribution in [2.45, 2.75) is 24.9 Å². The van der Waals surface area contributed by atoms with Crippen LogP contribution >= 0.6 is 11.8 Å². The highest BCUT2D eigenvalue weighted by Gasteiger charge is 2.30. The van der Waals surface area contributed by atoms with Crippen molar-refractivity contribution in [1.82, 2.24) is 20.6 Å². The maximum Gasteiger partial charge on any atom is 0.252 e. The Balaban J connectivity index is 1.49. The van der Waals surface area contributed by atoms with Crippen LogP contribution in [0.2, 0.25) is 0 Å². The number of thioether (sulfide) groups is 1. The minimum atomic E-state index is -0.291. The Morgan fingerprint density at radius 2 is 2.00 bits per heavy atom. The number of nitrogens with one attached hydrogen (secondary N) is 3. The zero-order valence-corrected chi connectivity index (χ0v) is 16.4. The minimum Gasteiger partial charge on any atom is -0.346 e. The Bertz CT molecular complexity index is 983. The zero-order valence-electron chi connectivity index (χ0n) is 15.6. The Hall–Kier alpha value is -2.80. The van der Waals surface area contributed by atoms with Gasteiger partial charge < -0.3 is 15.6 Å². The number of carbonyl (C=O) groups excluding carboxylic acids is 2. The molecule has 0 spiro atoms. The van der Waals surface area contributed by atoms with E-state index in [0.29, 0.717) is 5.56 Å². The molecule has 0 fully saturated rings. The maximum absolute atomic E-state index is 12.8. The second-order valence-electron chi connectivity index (χ2n) is 6.86. The number of nitrogens with zero attached hydrogens (tertiary/aromatic N) is 1. The van der Waals surface area contributed by atoms with Crippen molar-refractivity contribution in [3.8, 4) is 0 Å². The van der Waals surface area contributed by atoms with Gasteiger partial charge in [0.15, 0.2) is 0 Å². The third-order valence-corrected chi connectivity index (χ3v) is 5.60. The SMILES string of the molecule is CSCC[C@H](NC(=O)C[C@@H]1NC(=O)c2ccccc21)c1nc2ccccc2[nH]1. The third-order valence-electron chi connectivity index (χ3n) is 4.96. The van der Waals surface area contributed by atoms with Gasteiger partial charge in [-0.25, -0.2) is 4.98 Å². The predicted molar refractivity (Wildman–Crippen MR) is 111 cm³/mol. The summed E-state index contributed by atoms with van der Waals surface area (Å²) in [5, 5.41) is 6.00. The van der Waals surface area contributed by atoms with E-state index in [9.17, 15) is 9.59 Å². The van der Waals surface area contributed by atoms with E-state index in [-0.39, 0.29) is 30.3 Å². The van der Waals surface area contributed by atoms with Crippen molar-refractivity contribution >= 4 is 34.6 Å². The molecule has 144 valence electrons. The van der Waals surface area contributed by atoms with Gasteiger partial charge in [-0.1, -0.05) is 30.3 Å². The molecule has 3 N–H and O–H groups in total. The van der Waals surface area contributed by atoms with Crippen LogP contribution in [-0.4, -0.2) is 33.8 Å². The lowest BCUT2D eigenvalue weighted by atomic mass is 10.0. The molecule has 0 saturated heterocycles. The minimum absolute atomic E-state index is 0.103. The van der Waals surface area contributed by atoms with E-state index in [1.54, 1.807) is 17.8 Å². The lowest BCUT2D eigenvalue weighted by Crippen LogP contribution is -2.32. The van der Waals surface area contributed by atoms with Gasteiger partial charge in [-0.2, -0.15) is 11.8 Å². The number of carbonyl (C=O) groups is 2. The van der Waals surface area contributed by atoms with Crippen molar-refractivity contribution in [2.24, 2.45) is 0 Å². The first kappa shape index (κ1) is 18.6. The molecule has 7 heteroatoms. The topological polar surface area (TPSA) is 86.9 Å². The Labute approximate surface area is 167 Å². The second kappa shape index (κ2) is 8.06. The van der Waals surface area contributed by atoms with Gasteiger partial charge in [0.25, 0.3) is 5.91 Å². The van der Waals surface area contributed by atoms with E-state index in [1.807, 2.05) is 48.7 Å². The lowest BCUT2D eigenvalue weighted by Gasteiger charge is -2.18. The molecule has 0 saturated carbocycles. The molecule has 2 atom stereocenters. The van der Waals surface area contributed by atoms with Crippen molar-refractivity contribution in [3.05, 3.63) is 65.5 Å². The standard InChI is InChI=1S/C21H22N4O2S/c1-28-11-10-17(20-23-15-8-4-5-9-16(15)24-20)22-19(26)12-18-13-6-2-3-7-14(13)21(27)25-18/h2-9,17-18H,10-12H2,1H3,(H,22,26)(H,23,24)(H,25,27)/t17-,18-/m0/s1. The van der Waals surface area contributed by atoms with E-state index >= 15 is 0 Å². The number of hydrogen-bond donors (Lipinski definition) is 3. The van der Waals surface area contributed by atoms with Gasteiger partial charge in [-0.05, 0) is 42.2 Å². The van der Waals surface area contributed by atoms with Crippen LogP contribution in [0.1, 0.15) is 46.7 Å². The highest BCUT2D eigenvalue weighted by Crippen LogP contribution is 2.28. The van der Waals surface area contributed by atoms with Crippen molar-refractivity contribution < 1.29 is 9.59 Å². The molecule has 28 heavy (non-hydrogen) atoms. The highest BCUT2D eigenvalue weighted by molar-refractivity contribution is 7.98. The third kappa shape index (κ3) is 3.75. The monoisotopic (exact) mass is 394 g/mol.